The zero-order chi connectivity index (χ0) is 33.3. The second kappa shape index (κ2) is 15.6. The summed E-state index contributed by atoms with van der Waals surface area (Å²) in [5.74, 6) is 0.827. The second-order valence-corrected chi connectivity index (χ2v) is 11.5. The number of carbonyl (C=O) groups is 1. The molecule has 47 heavy (non-hydrogen) atoms. The number of ether oxygens (including phenoxy) is 4. The summed E-state index contributed by atoms with van der Waals surface area (Å²) >= 11 is 0. The van der Waals surface area contributed by atoms with Gasteiger partial charge in [-0.3, -0.25) is 4.90 Å². The number of nitrogens with one attached hydrogen (secondary N) is 1. The van der Waals surface area contributed by atoms with Crippen LogP contribution in [0.4, 0.5) is 26.5 Å². The average Bonchev–Trinajstić information content (AvgIpc) is 3.08. The smallest absolute Gasteiger partial charge is 0.420 e. The van der Waals surface area contributed by atoms with Gasteiger partial charge in [-0.25, -0.2) is 14.2 Å². The van der Waals surface area contributed by atoms with Gasteiger partial charge in [0.15, 0.2) is 11.6 Å². The van der Waals surface area contributed by atoms with Crippen molar-refractivity contribution in [3.8, 4) is 34.4 Å². The molecule has 2 heterocycles. The van der Waals surface area contributed by atoms with Crippen molar-refractivity contribution < 1.29 is 28.1 Å². The Morgan fingerprint density at radius 2 is 1.74 bits per heavy atom. The maximum Gasteiger partial charge on any atom is 0.420 e. The highest BCUT2D eigenvalue weighted by Gasteiger charge is 2.21. The molecule has 0 aliphatic carbocycles. The lowest BCUT2D eigenvalue weighted by Gasteiger charge is -2.26. The highest BCUT2D eigenvalue weighted by atomic mass is 19.1. The third-order valence-corrected chi connectivity index (χ3v) is 8.31. The van der Waals surface area contributed by atoms with Gasteiger partial charge >= 0.3 is 6.09 Å². The summed E-state index contributed by atoms with van der Waals surface area (Å²) < 4.78 is 37.4. The van der Waals surface area contributed by atoms with Gasteiger partial charge in [0.1, 0.15) is 11.5 Å². The maximum absolute atomic E-state index is 15.1. The number of aromatic nitrogens is 2. The first-order chi connectivity index (χ1) is 22.7. The normalized spacial score (nSPS) is 13.1. The maximum atomic E-state index is 15.1. The molecular weight excluding hydrogens is 601 g/mol. The first-order valence-corrected chi connectivity index (χ1v) is 15.8. The average molecular weight is 644 g/mol. The molecule has 3 aromatic carbocycles. The van der Waals surface area contributed by atoms with Gasteiger partial charge in [-0.15, -0.1) is 0 Å². The fraction of sp³-hybridized carbons (Fsp3) is 0.361. The number of benzene rings is 3. The van der Waals surface area contributed by atoms with E-state index in [2.05, 4.69) is 15.2 Å². The van der Waals surface area contributed by atoms with E-state index in [0.717, 1.165) is 42.7 Å². The topological polar surface area (TPSA) is 98.3 Å². The quantitative estimate of drug-likeness (QED) is 0.157. The number of halogens is 1. The zero-order valence-electron chi connectivity index (χ0n) is 27.6. The standard InChI is InChI=1S/C36H42FN5O5/c1-24-11-9-12-28(25(24)2)30-23-34(47-36(43)41(3)31-22-27(44-4)14-16-33(31)45-5)40-35(39-30)38-26-13-15-32(29(37)21-26)46-20-10-19-42-17-7-6-8-18-42/h9,11-16,21-23H,6-8,10,17-20H2,1-5H3,(H,38,39,40). The van der Waals surface area contributed by atoms with Gasteiger partial charge in [0, 0.05) is 43.0 Å². The molecule has 0 bridgehead atoms. The largest absolute Gasteiger partial charge is 0.497 e. The highest BCUT2D eigenvalue weighted by molar-refractivity contribution is 5.90. The molecular formula is C36H42FN5O5. The number of rotatable bonds is 12. The molecule has 1 aromatic heterocycles. The lowest BCUT2D eigenvalue weighted by molar-refractivity contribution is 0.203. The van der Waals surface area contributed by atoms with Gasteiger partial charge in [0.2, 0.25) is 11.8 Å². The number of amides is 1. The molecule has 0 radical (unpaired) electrons. The van der Waals surface area contributed by atoms with Crippen LogP contribution in [-0.2, 0) is 0 Å². The molecule has 1 aliphatic rings. The highest BCUT2D eigenvalue weighted by Crippen LogP contribution is 2.33. The summed E-state index contributed by atoms with van der Waals surface area (Å²) in [6.07, 6.45) is 3.89. The predicted octanol–water partition coefficient (Wildman–Crippen LogP) is 7.55. The Hall–Kier alpha value is -4.90. The molecule has 0 saturated carbocycles. The molecule has 1 fully saturated rings. The number of aryl methyl sites for hydroxylation is 1. The molecule has 1 saturated heterocycles. The van der Waals surface area contributed by atoms with Crippen LogP contribution in [-0.4, -0.2) is 68.5 Å². The fourth-order valence-electron chi connectivity index (χ4n) is 5.49. The van der Waals surface area contributed by atoms with Gasteiger partial charge in [0.25, 0.3) is 0 Å². The number of methoxy groups -OCH3 is 2. The van der Waals surface area contributed by atoms with Gasteiger partial charge in [-0.05, 0) is 81.6 Å². The number of likely N-dealkylation sites (tertiary alicyclic amines) is 1. The Morgan fingerprint density at radius 3 is 2.49 bits per heavy atom. The Labute approximate surface area is 275 Å². The molecule has 0 atom stereocenters. The molecule has 1 amide bonds. The summed E-state index contributed by atoms with van der Waals surface area (Å²) in [5.41, 5.74) is 4.32. The van der Waals surface area contributed by atoms with Crippen molar-refractivity contribution in [1.29, 1.82) is 0 Å². The monoisotopic (exact) mass is 643 g/mol. The Balaban J connectivity index is 1.35. The van der Waals surface area contributed by atoms with E-state index in [1.165, 1.54) is 44.4 Å². The van der Waals surface area contributed by atoms with Crippen molar-refractivity contribution in [1.82, 2.24) is 14.9 Å². The molecule has 11 heteroatoms. The van der Waals surface area contributed by atoms with Crippen molar-refractivity contribution in [3.63, 3.8) is 0 Å². The molecule has 5 rings (SSSR count). The van der Waals surface area contributed by atoms with E-state index in [4.69, 9.17) is 23.9 Å². The van der Waals surface area contributed by atoms with Crippen molar-refractivity contribution in [2.45, 2.75) is 39.5 Å². The minimum atomic E-state index is -0.707. The number of carbonyl (C=O) groups excluding carboxylic acids is 1. The van der Waals surface area contributed by atoms with E-state index in [0.29, 0.717) is 35.2 Å². The summed E-state index contributed by atoms with van der Waals surface area (Å²) in [6.45, 7) is 7.63. The van der Waals surface area contributed by atoms with Gasteiger partial charge < -0.3 is 29.2 Å². The zero-order valence-corrected chi connectivity index (χ0v) is 27.6. The van der Waals surface area contributed by atoms with E-state index < -0.39 is 11.9 Å². The SMILES string of the molecule is COc1ccc(OC)c(N(C)C(=O)Oc2cc(-c3cccc(C)c3C)nc(Nc3ccc(OCCCN4CCCCC4)c(F)c3)n2)c1. The van der Waals surface area contributed by atoms with E-state index in [1.807, 2.05) is 32.0 Å². The van der Waals surface area contributed by atoms with Crippen LogP contribution in [0.2, 0.25) is 0 Å². The Kier molecular flexibility index (Phi) is 11.1. The van der Waals surface area contributed by atoms with Gasteiger partial charge in [-0.1, -0.05) is 24.6 Å². The van der Waals surface area contributed by atoms with Crippen molar-refractivity contribution >= 4 is 23.4 Å². The minimum absolute atomic E-state index is 0.00579. The Bertz CT molecular complexity index is 1690. The third-order valence-electron chi connectivity index (χ3n) is 8.31. The van der Waals surface area contributed by atoms with Crippen LogP contribution in [0.3, 0.4) is 0 Å². The van der Waals surface area contributed by atoms with E-state index in [1.54, 1.807) is 43.4 Å². The summed E-state index contributed by atoms with van der Waals surface area (Å²) in [6, 6.07) is 17.2. The van der Waals surface area contributed by atoms with E-state index in [9.17, 15) is 4.79 Å². The van der Waals surface area contributed by atoms with Crippen LogP contribution in [0.15, 0.2) is 60.7 Å². The molecule has 10 nitrogen and oxygen atoms in total. The number of hydrogen-bond acceptors (Lipinski definition) is 9. The van der Waals surface area contributed by atoms with Crippen LogP contribution >= 0.6 is 0 Å². The van der Waals surface area contributed by atoms with Crippen LogP contribution in [0.1, 0.15) is 36.8 Å². The third kappa shape index (κ3) is 8.48. The van der Waals surface area contributed by atoms with Crippen molar-refractivity contribution in [2.75, 3.05) is 57.7 Å². The summed E-state index contributed by atoms with van der Waals surface area (Å²) in [5, 5.41) is 3.07. The first kappa shape index (κ1) is 33.5. The Morgan fingerprint density at radius 1 is 0.957 bits per heavy atom. The van der Waals surface area contributed by atoms with Gasteiger partial charge in [-0.2, -0.15) is 4.98 Å². The fourth-order valence-corrected chi connectivity index (χ4v) is 5.49. The summed E-state index contributed by atoms with van der Waals surface area (Å²) in [4.78, 5) is 26.2. The van der Waals surface area contributed by atoms with Crippen LogP contribution in [0.25, 0.3) is 11.3 Å². The molecule has 4 aromatic rings. The molecule has 248 valence electrons. The number of piperidine rings is 1. The minimum Gasteiger partial charge on any atom is -0.497 e. The van der Waals surface area contributed by atoms with Crippen LogP contribution in [0, 0.1) is 19.7 Å². The van der Waals surface area contributed by atoms with Crippen molar-refractivity contribution in [2.24, 2.45) is 0 Å². The van der Waals surface area contributed by atoms with Crippen molar-refractivity contribution in [3.05, 3.63) is 77.6 Å². The van der Waals surface area contributed by atoms with Crippen LogP contribution < -0.4 is 29.2 Å². The lowest BCUT2D eigenvalue weighted by atomic mass is 10.0. The van der Waals surface area contributed by atoms with Gasteiger partial charge in [0.05, 0.1) is 32.2 Å². The second-order valence-electron chi connectivity index (χ2n) is 11.5. The first-order valence-electron chi connectivity index (χ1n) is 15.8. The van der Waals surface area contributed by atoms with E-state index in [-0.39, 0.29) is 17.6 Å². The lowest BCUT2D eigenvalue weighted by Crippen LogP contribution is -2.31. The number of nitrogens with zero attached hydrogens (tertiary/aromatic N) is 4. The summed E-state index contributed by atoms with van der Waals surface area (Å²) in [7, 11) is 4.62. The number of anilines is 3. The number of hydrogen-bond donors (Lipinski definition) is 1. The predicted molar refractivity (Wildman–Crippen MR) is 181 cm³/mol. The molecule has 0 spiro atoms. The van der Waals surface area contributed by atoms with E-state index >= 15 is 4.39 Å². The molecule has 0 unspecified atom stereocenters. The molecule has 1 N–H and O–H groups in total. The van der Waals surface area contributed by atoms with Crippen LogP contribution in [0.5, 0.6) is 23.1 Å². The molecule has 1 aliphatic heterocycles.